The van der Waals surface area contributed by atoms with Gasteiger partial charge >= 0.3 is 0 Å². The van der Waals surface area contributed by atoms with Crippen molar-refractivity contribution in [2.45, 2.75) is 19.4 Å². The Labute approximate surface area is 120 Å². The Morgan fingerprint density at radius 3 is 2.95 bits per heavy atom. The Kier molecular flexibility index (Phi) is 4.36. The van der Waals surface area contributed by atoms with Gasteiger partial charge in [0.25, 0.3) is 5.56 Å². The average molecular weight is 295 g/mol. The standard InChI is InChI=1S/C13H14N4O2.ClH/c18-7-2-1-6-17-8-15-10-11(17)9-4-3-5-14-12(9)16-13(10)19;/h3-5,8,18H,1-2,6-7H2,(H,14,16,19);1H. The molecule has 106 valence electrons. The number of aliphatic hydroxyl groups excluding tert-OH is 1. The SMILES string of the molecule is Cl.O=c1[nH]c2ncccc2c2c1ncn2CCCCO. The van der Waals surface area contributed by atoms with Crippen LogP contribution in [0.5, 0.6) is 0 Å². The molecule has 0 aromatic carbocycles. The van der Waals surface area contributed by atoms with Gasteiger partial charge in [0.15, 0.2) is 5.52 Å². The number of imidazole rings is 1. The number of unbranched alkanes of at least 4 members (excludes halogenated alkanes) is 1. The molecule has 3 rings (SSSR count). The number of aromatic amines is 1. The predicted octanol–water partition coefficient (Wildman–Crippen LogP) is 1.47. The molecule has 0 spiro atoms. The van der Waals surface area contributed by atoms with Crippen LogP contribution in [-0.2, 0) is 6.54 Å². The third-order valence-corrected chi connectivity index (χ3v) is 3.15. The number of rotatable bonds is 4. The van der Waals surface area contributed by atoms with Crippen molar-refractivity contribution in [1.82, 2.24) is 19.5 Å². The molecule has 20 heavy (non-hydrogen) atoms. The summed E-state index contributed by atoms with van der Waals surface area (Å²) in [5.74, 6) is 0. The Morgan fingerprint density at radius 2 is 2.15 bits per heavy atom. The van der Waals surface area contributed by atoms with Crippen molar-refractivity contribution >= 4 is 34.5 Å². The maximum Gasteiger partial charge on any atom is 0.277 e. The first-order chi connectivity index (χ1) is 9.31. The van der Waals surface area contributed by atoms with Crippen LogP contribution in [0.3, 0.4) is 0 Å². The Morgan fingerprint density at radius 1 is 1.30 bits per heavy atom. The lowest BCUT2D eigenvalue weighted by Gasteiger charge is -2.05. The number of pyridine rings is 2. The van der Waals surface area contributed by atoms with E-state index in [0.717, 1.165) is 30.3 Å². The number of fused-ring (bicyclic) bond motifs is 3. The smallest absolute Gasteiger partial charge is 0.277 e. The molecule has 0 unspecified atom stereocenters. The molecule has 0 bridgehead atoms. The zero-order chi connectivity index (χ0) is 13.2. The van der Waals surface area contributed by atoms with Crippen molar-refractivity contribution in [2.75, 3.05) is 6.61 Å². The molecule has 0 saturated heterocycles. The highest BCUT2D eigenvalue weighted by molar-refractivity contribution is 6.00. The lowest BCUT2D eigenvalue weighted by Crippen LogP contribution is -2.08. The number of nitrogens with zero attached hydrogens (tertiary/aromatic N) is 3. The number of hydrogen-bond acceptors (Lipinski definition) is 4. The second-order valence-electron chi connectivity index (χ2n) is 4.42. The van der Waals surface area contributed by atoms with Gasteiger partial charge in [-0.1, -0.05) is 0 Å². The lowest BCUT2D eigenvalue weighted by atomic mass is 10.2. The average Bonchev–Trinajstić information content (AvgIpc) is 2.84. The fourth-order valence-electron chi connectivity index (χ4n) is 2.26. The molecule has 0 radical (unpaired) electrons. The van der Waals surface area contributed by atoms with Gasteiger partial charge in [0.1, 0.15) is 5.65 Å². The number of halogens is 1. The van der Waals surface area contributed by atoms with E-state index in [1.54, 1.807) is 12.5 Å². The molecular formula is C13H15ClN4O2. The van der Waals surface area contributed by atoms with Gasteiger partial charge in [0.2, 0.25) is 0 Å². The second-order valence-corrected chi connectivity index (χ2v) is 4.42. The molecular weight excluding hydrogens is 280 g/mol. The van der Waals surface area contributed by atoms with Gasteiger partial charge in [-0.2, -0.15) is 0 Å². The summed E-state index contributed by atoms with van der Waals surface area (Å²) in [6, 6.07) is 3.76. The fourth-order valence-corrected chi connectivity index (χ4v) is 2.26. The van der Waals surface area contributed by atoms with Gasteiger partial charge in [-0.25, -0.2) is 9.97 Å². The second kappa shape index (κ2) is 6.02. The summed E-state index contributed by atoms with van der Waals surface area (Å²) in [4.78, 5) is 23.0. The molecule has 7 heteroatoms. The van der Waals surface area contributed by atoms with Crippen LogP contribution in [0, 0.1) is 0 Å². The van der Waals surface area contributed by atoms with E-state index in [4.69, 9.17) is 5.11 Å². The van der Waals surface area contributed by atoms with Crippen LogP contribution < -0.4 is 5.56 Å². The number of aliphatic hydroxyl groups is 1. The zero-order valence-electron chi connectivity index (χ0n) is 10.7. The molecule has 2 N–H and O–H groups in total. The van der Waals surface area contributed by atoms with E-state index in [-0.39, 0.29) is 24.6 Å². The summed E-state index contributed by atoms with van der Waals surface area (Å²) < 4.78 is 1.95. The van der Waals surface area contributed by atoms with Gasteiger partial charge < -0.3 is 14.7 Å². The molecule has 6 nitrogen and oxygen atoms in total. The van der Waals surface area contributed by atoms with Crippen LogP contribution in [0.15, 0.2) is 29.5 Å². The maximum absolute atomic E-state index is 11.9. The fraction of sp³-hybridized carbons (Fsp3) is 0.308. The van der Waals surface area contributed by atoms with E-state index in [1.807, 2.05) is 16.7 Å². The van der Waals surface area contributed by atoms with Gasteiger partial charge in [0, 0.05) is 24.7 Å². The molecule has 0 aliphatic rings. The minimum atomic E-state index is -0.220. The minimum Gasteiger partial charge on any atom is -0.396 e. The van der Waals surface area contributed by atoms with E-state index in [2.05, 4.69) is 15.0 Å². The van der Waals surface area contributed by atoms with Gasteiger partial charge in [-0.15, -0.1) is 12.4 Å². The highest BCUT2D eigenvalue weighted by Gasteiger charge is 2.11. The monoisotopic (exact) mass is 294 g/mol. The van der Waals surface area contributed by atoms with E-state index >= 15 is 0 Å². The Bertz CT molecular complexity index is 781. The third kappa shape index (κ3) is 2.39. The third-order valence-electron chi connectivity index (χ3n) is 3.15. The first kappa shape index (κ1) is 14.5. The van der Waals surface area contributed by atoms with Crippen molar-refractivity contribution in [3.05, 3.63) is 35.0 Å². The molecule has 3 heterocycles. The number of hydrogen-bond donors (Lipinski definition) is 2. The lowest BCUT2D eigenvalue weighted by molar-refractivity contribution is 0.281. The molecule has 3 aromatic rings. The molecule has 3 aromatic heterocycles. The summed E-state index contributed by atoms with van der Waals surface area (Å²) in [5, 5.41) is 9.72. The zero-order valence-corrected chi connectivity index (χ0v) is 11.6. The van der Waals surface area contributed by atoms with E-state index < -0.39 is 0 Å². The summed E-state index contributed by atoms with van der Waals surface area (Å²) in [6.45, 7) is 0.903. The summed E-state index contributed by atoms with van der Waals surface area (Å²) in [6.07, 6.45) is 4.90. The van der Waals surface area contributed by atoms with Crippen LogP contribution in [0.25, 0.3) is 22.1 Å². The van der Waals surface area contributed by atoms with Crippen molar-refractivity contribution in [1.29, 1.82) is 0 Å². The summed E-state index contributed by atoms with van der Waals surface area (Å²) in [5.41, 5.74) is 1.60. The number of aromatic nitrogens is 4. The van der Waals surface area contributed by atoms with Gasteiger partial charge in [-0.05, 0) is 25.0 Å². The number of nitrogens with one attached hydrogen (secondary N) is 1. The van der Waals surface area contributed by atoms with Gasteiger partial charge in [-0.3, -0.25) is 4.79 Å². The van der Waals surface area contributed by atoms with E-state index in [9.17, 15) is 4.79 Å². The quantitative estimate of drug-likeness (QED) is 0.714. The van der Waals surface area contributed by atoms with Crippen LogP contribution in [0.2, 0.25) is 0 Å². The van der Waals surface area contributed by atoms with Crippen molar-refractivity contribution in [3.63, 3.8) is 0 Å². The maximum atomic E-state index is 11.9. The van der Waals surface area contributed by atoms with Crippen LogP contribution in [-0.4, -0.2) is 31.2 Å². The molecule has 0 aliphatic carbocycles. The molecule has 0 amide bonds. The Balaban J connectivity index is 0.00000147. The molecule has 0 fully saturated rings. The Hall–Kier alpha value is -1.92. The van der Waals surface area contributed by atoms with Crippen LogP contribution in [0.1, 0.15) is 12.8 Å². The highest BCUT2D eigenvalue weighted by Crippen LogP contribution is 2.19. The van der Waals surface area contributed by atoms with E-state index in [0.29, 0.717) is 11.2 Å². The molecule has 0 saturated carbocycles. The summed E-state index contributed by atoms with van der Waals surface area (Å²) in [7, 11) is 0. The topological polar surface area (TPSA) is 83.8 Å². The van der Waals surface area contributed by atoms with Crippen molar-refractivity contribution in [2.24, 2.45) is 0 Å². The minimum absolute atomic E-state index is 0. The van der Waals surface area contributed by atoms with E-state index in [1.165, 1.54) is 0 Å². The predicted molar refractivity (Wildman–Crippen MR) is 79.2 cm³/mol. The first-order valence-corrected chi connectivity index (χ1v) is 6.24. The van der Waals surface area contributed by atoms with Crippen molar-refractivity contribution < 1.29 is 5.11 Å². The molecule has 0 aliphatic heterocycles. The summed E-state index contributed by atoms with van der Waals surface area (Å²) >= 11 is 0. The first-order valence-electron chi connectivity index (χ1n) is 6.24. The highest BCUT2D eigenvalue weighted by atomic mass is 35.5. The number of H-pyrrole nitrogens is 1. The number of aryl methyl sites for hydroxylation is 1. The normalized spacial score (nSPS) is 10.8. The van der Waals surface area contributed by atoms with Crippen LogP contribution in [0.4, 0.5) is 0 Å². The van der Waals surface area contributed by atoms with Crippen molar-refractivity contribution in [3.8, 4) is 0 Å². The largest absolute Gasteiger partial charge is 0.396 e. The van der Waals surface area contributed by atoms with Gasteiger partial charge in [0.05, 0.1) is 11.8 Å². The molecule has 0 atom stereocenters. The van der Waals surface area contributed by atoms with Crippen LogP contribution >= 0.6 is 12.4 Å².